The zero-order valence-corrected chi connectivity index (χ0v) is 13.2. The van der Waals surface area contributed by atoms with Crippen LogP contribution in [0.5, 0.6) is 0 Å². The van der Waals surface area contributed by atoms with Gasteiger partial charge in [0.1, 0.15) is 0 Å². The second-order valence-corrected chi connectivity index (χ2v) is 5.82. The lowest BCUT2D eigenvalue weighted by Crippen LogP contribution is -2.04. The highest BCUT2D eigenvalue weighted by molar-refractivity contribution is 9.10. The lowest BCUT2D eigenvalue weighted by molar-refractivity contribution is -0.137. The number of rotatable bonds is 3. The first-order valence-corrected chi connectivity index (χ1v) is 7.41. The molecular formula is C15H10BrF3N4. The van der Waals surface area contributed by atoms with E-state index in [0.717, 1.165) is 33.3 Å². The van der Waals surface area contributed by atoms with Crippen molar-refractivity contribution in [3.63, 3.8) is 0 Å². The highest BCUT2D eigenvalue weighted by atomic mass is 79.9. The van der Waals surface area contributed by atoms with Gasteiger partial charge in [-0.25, -0.2) is 0 Å². The highest BCUT2D eigenvalue weighted by Crippen LogP contribution is 2.30. The zero-order chi connectivity index (χ0) is 16.4. The van der Waals surface area contributed by atoms with Crippen molar-refractivity contribution in [2.24, 2.45) is 0 Å². The summed E-state index contributed by atoms with van der Waals surface area (Å²) in [7, 11) is 0. The van der Waals surface area contributed by atoms with Crippen LogP contribution in [0.4, 0.5) is 13.2 Å². The van der Waals surface area contributed by atoms with Gasteiger partial charge < -0.3 is 0 Å². The van der Waals surface area contributed by atoms with Gasteiger partial charge in [-0.05, 0) is 47.0 Å². The predicted molar refractivity (Wildman–Crippen MR) is 81.6 cm³/mol. The van der Waals surface area contributed by atoms with E-state index in [-0.39, 0.29) is 0 Å². The number of aromatic amines is 1. The molecule has 23 heavy (non-hydrogen) atoms. The Morgan fingerprint density at radius 1 is 1.04 bits per heavy atom. The summed E-state index contributed by atoms with van der Waals surface area (Å²) in [6, 6.07) is 10.7. The molecule has 0 atom stereocenters. The maximum atomic E-state index is 12.6. The van der Waals surface area contributed by atoms with Crippen LogP contribution >= 0.6 is 15.9 Å². The third-order valence-corrected chi connectivity index (χ3v) is 3.83. The number of tetrazole rings is 1. The third kappa shape index (κ3) is 3.58. The molecule has 0 radical (unpaired) electrons. The molecular weight excluding hydrogens is 373 g/mol. The Morgan fingerprint density at radius 2 is 1.78 bits per heavy atom. The van der Waals surface area contributed by atoms with E-state index in [1.54, 1.807) is 0 Å². The number of halogens is 4. The van der Waals surface area contributed by atoms with E-state index in [1.165, 1.54) is 12.1 Å². The number of aromatic nitrogens is 4. The molecule has 0 spiro atoms. The largest absolute Gasteiger partial charge is 0.416 e. The second-order valence-electron chi connectivity index (χ2n) is 4.91. The molecule has 4 nitrogen and oxygen atoms in total. The van der Waals surface area contributed by atoms with Gasteiger partial charge in [-0.2, -0.15) is 18.4 Å². The molecule has 2 aromatic carbocycles. The van der Waals surface area contributed by atoms with Gasteiger partial charge in [-0.1, -0.05) is 34.1 Å². The second kappa shape index (κ2) is 6.11. The number of nitrogens with one attached hydrogen (secondary N) is 1. The minimum atomic E-state index is -4.33. The summed E-state index contributed by atoms with van der Waals surface area (Å²) in [4.78, 5) is 0. The van der Waals surface area contributed by atoms with E-state index < -0.39 is 11.7 Å². The molecule has 3 rings (SSSR count). The average molecular weight is 383 g/mol. The van der Waals surface area contributed by atoms with Crippen molar-refractivity contribution in [2.75, 3.05) is 0 Å². The smallest absolute Gasteiger partial charge is 0.177 e. The average Bonchev–Trinajstić information content (AvgIpc) is 3.03. The first-order chi connectivity index (χ1) is 10.9. The number of alkyl halides is 3. The molecule has 3 aromatic rings. The van der Waals surface area contributed by atoms with Gasteiger partial charge in [0, 0.05) is 10.0 Å². The van der Waals surface area contributed by atoms with E-state index in [2.05, 4.69) is 36.6 Å². The minimum absolute atomic E-state index is 0.438. The summed E-state index contributed by atoms with van der Waals surface area (Å²) in [6.07, 6.45) is -3.86. The van der Waals surface area contributed by atoms with Crippen LogP contribution in [0.1, 0.15) is 16.7 Å². The summed E-state index contributed by atoms with van der Waals surface area (Å²) in [6.45, 7) is 0. The van der Waals surface area contributed by atoms with Crippen molar-refractivity contribution < 1.29 is 13.2 Å². The fraction of sp³-hybridized carbons (Fsp3) is 0.133. The molecule has 0 aliphatic carbocycles. The Labute approximate surface area is 137 Å². The molecule has 118 valence electrons. The van der Waals surface area contributed by atoms with E-state index in [1.807, 2.05) is 18.2 Å². The Hall–Kier alpha value is -2.22. The summed E-state index contributed by atoms with van der Waals surface area (Å²) >= 11 is 3.39. The number of nitrogens with zero attached hydrogens (tertiary/aromatic N) is 3. The molecule has 1 N–H and O–H groups in total. The van der Waals surface area contributed by atoms with Crippen LogP contribution in [-0.4, -0.2) is 20.6 Å². The first kappa shape index (κ1) is 15.7. The number of benzene rings is 2. The highest BCUT2D eigenvalue weighted by Gasteiger charge is 2.29. The number of hydrogen-bond acceptors (Lipinski definition) is 3. The van der Waals surface area contributed by atoms with Crippen LogP contribution in [-0.2, 0) is 12.6 Å². The normalized spacial score (nSPS) is 11.7. The summed E-state index contributed by atoms with van der Waals surface area (Å²) in [5, 5.41) is 13.8. The molecule has 0 bridgehead atoms. The topological polar surface area (TPSA) is 54.5 Å². The Bertz CT molecular complexity index is 799. The van der Waals surface area contributed by atoms with Gasteiger partial charge in [0.25, 0.3) is 0 Å². The number of hydrogen-bond donors (Lipinski definition) is 1. The monoisotopic (exact) mass is 382 g/mol. The standard InChI is InChI=1S/C15H10BrF3N4/c16-12-6-3-10(13(8-12)14-20-22-23-21-14)7-9-1-4-11(5-2-9)15(17,18)19/h1-6,8H,7H2,(H,20,21,22,23). The maximum Gasteiger partial charge on any atom is 0.416 e. The molecule has 0 amide bonds. The van der Waals surface area contributed by atoms with Crippen molar-refractivity contribution in [1.82, 2.24) is 20.6 Å². The van der Waals surface area contributed by atoms with E-state index in [0.29, 0.717) is 12.2 Å². The Kier molecular flexibility index (Phi) is 4.16. The van der Waals surface area contributed by atoms with E-state index in [9.17, 15) is 13.2 Å². The van der Waals surface area contributed by atoms with Crippen LogP contribution in [0.25, 0.3) is 11.4 Å². The van der Waals surface area contributed by atoms with Crippen molar-refractivity contribution in [3.8, 4) is 11.4 Å². The lowest BCUT2D eigenvalue weighted by atomic mass is 9.98. The Morgan fingerprint density at radius 3 is 2.39 bits per heavy atom. The first-order valence-electron chi connectivity index (χ1n) is 6.62. The van der Waals surface area contributed by atoms with Crippen LogP contribution in [0.15, 0.2) is 46.9 Å². The molecule has 0 aliphatic rings. The SMILES string of the molecule is FC(F)(F)c1ccc(Cc2ccc(Br)cc2-c2nn[nH]n2)cc1. The molecule has 0 fully saturated rings. The molecule has 1 aromatic heterocycles. The minimum Gasteiger partial charge on any atom is -0.177 e. The van der Waals surface area contributed by atoms with E-state index >= 15 is 0 Å². The molecule has 8 heteroatoms. The van der Waals surface area contributed by atoms with Crippen molar-refractivity contribution in [2.45, 2.75) is 12.6 Å². The third-order valence-electron chi connectivity index (χ3n) is 3.33. The fourth-order valence-corrected chi connectivity index (χ4v) is 2.58. The van der Waals surface area contributed by atoms with Crippen molar-refractivity contribution in [1.29, 1.82) is 0 Å². The predicted octanol–water partition coefficient (Wildman–Crippen LogP) is 4.24. The molecule has 1 heterocycles. The van der Waals surface area contributed by atoms with Crippen LogP contribution in [0.3, 0.4) is 0 Å². The van der Waals surface area contributed by atoms with Crippen molar-refractivity contribution >= 4 is 15.9 Å². The van der Waals surface area contributed by atoms with Gasteiger partial charge in [0.05, 0.1) is 5.56 Å². The van der Waals surface area contributed by atoms with Gasteiger partial charge in [-0.15, -0.1) is 10.2 Å². The quantitative estimate of drug-likeness (QED) is 0.736. The molecule has 0 saturated heterocycles. The summed E-state index contributed by atoms with van der Waals surface area (Å²) < 4.78 is 38.7. The van der Waals surface area contributed by atoms with Crippen LogP contribution in [0, 0.1) is 0 Å². The number of H-pyrrole nitrogens is 1. The van der Waals surface area contributed by atoms with E-state index in [4.69, 9.17) is 0 Å². The van der Waals surface area contributed by atoms with Crippen LogP contribution < -0.4 is 0 Å². The summed E-state index contributed by atoms with van der Waals surface area (Å²) in [5.41, 5.74) is 1.78. The van der Waals surface area contributed by atoms with Crippen molar-refractivity contribution in [3.05, 3.63) is 63.6 Å². The molecule has 0 saturated carbocycles. The van der Waals surface area contributed by atoms with Crippen LogP contribution in [0.2, 0.25) is 0 Å². The van der Waals surface area contributed by atoms with Gasteiger partial charge in [0.15, 0.2) is 0 Å². The lowest BCUT2D eigenvalue weighted by Gasteiger charge is -2.10. The van der Waals surface area contributed by atoms with Gasteiger partial charge >= 0.3 is 6.18 Å². The summed E-state index contributed by atoms with van der Waals surface area (Å²) in [5.74, 6) is 0.438. The van der Waals surface area contributed by atoms with Gasteiger partial charge in [0.2, 0.25) is 5.82 Å². The fourth-order valence-electron chi connectivity index (χ4n) is 2.22. The maximum absolute atomic E-state index is 12.6. The zero-order valence-electron chi connectivity index (χ0n) is 11.6. The Balaban J connectivity index is 1.91. The molecule has 0 unspecified atom stereocenters. The molecule has 0 aliphatic heterocycles. The van der Waals surface area contributed by atoms with Gasteiger partial charge in [-0.3, -0.25) is 0 Å².